The predicted octanol–water partition coefficient (Wildman–Crippen LogP) is 2.60. The van der Waals surface area contributed by atoms with Gasteiger partial charge >= 0.3 is 0 Å². The summed E-state index contributed by atoms with van der Waals surface area (Å²) in [7, 11) is 0. The second-order valence-electron chi connectivity index (χ2n) is 5.55. The molecule has 2 heterocycles. The van der Waals surface area contributed by atoms with E-state index in [-0.39, 0.29) is 6.04 Å². The third kappa shape index (κ3) is 3.06. The summed E-state index contributed by atoms with van der Waals surface area (Å²) in [5.74, 6) is 0.508. The second-order valence-corrected chi connectivity index (χ2v) is 5.55. The molecule has 1 aromatic heterocycles. The molecule has 1 aliphatic rings. The molecule has 3 nitrogen and oxygen atoms in total. The quantitative estimate of drug-likeness (QED) is 0.926. The van der Waals surface area contributed by atoms with Gasteiger partial charge in [-0.05, 0) is 36.6 Å². The van der Waals surface area contributed by atoms with Gasteiger partial charge < -0.3 is 5.73 Å². The van der Waals surface area contributed by atoms with Crippen LogP contribution in [-0.4, -0.2) is 23.0 Å². The minimum Gasteiger partial charge on any atom is -0.322 e. The van der Waals surface area contributed by atoms with Gasteiger partial charge in [0.25, 0.3) is 0 Å². The van der Waals surface area contributed by atoms with Gasteiger partial charge in [0.2, 0.25) is 0 Å². The number of pyridine rings is 1. The molecule has 1 aliphatic heterocycles. The van der Waals surface area contributed by atoms with Crippen molar-refractivity contribution >= 4 is 0 Å². The molecule has 20 heavy (non-hydrogen) atoms. The molecule has 2 atom stereocenters. The van der Waals surface area contributed by atoms with Crippen LogP contribution in [-0.2, 0) is 6.54 Å². The van der Waals surface area contributed by atoms with Crippen molar-refractivity contribution < 1.29 is 0 Å². The number of likely N-dealkylation sites (tertiary alicyclic amines) is 1. The van der Waals surface area contributed by atoms with E-state index in [2.05, 4.69) is 40.2 Å². The van der Waals surface area contributed by atoms with E-state index in [4.69, 9.17) is 5.73 Å². The summed E-state index contributed by atoms with van der Waals surface area (Å²) >= 11 is 0. The van der Waals surface area contributed by atoms with Crippen molar-refractivity contribution in [3.8, 4) is 0 Å². The van der Waals surface area contributed by atoms with Gasteiger partial charge in [-0.2, -0.15) is 0 Å². The van der Waals surface area contributed by atoms with Gasteiger partial charge in [-0.15, -0.1) is 0 Å². The Hall–Kier alpha value is -1.71. The second kappa shape index (κ2) is 6.16. The van der Waals surface area contributed by atoms with Gasteiger partial charge in [0.15, 0.2) is 0 Å². The summed E-state index contributed by atoms with van der Waals surface area (Å²) in [5, 5.41) is 0. The summed E-state index contributed by atoms with van der Waals surface area (Å²) < 4.78 is 0. The number of nitrogens with zero attached hydrogens (tertiary/aromatic N) is 2. The highest BCUT2D eigenvalue weighted by molar-refractivity contribution is 5.15. The maximum Gasteiger partial charge on any atom is 0.0574 e. The molecule has 0 amide bonds. The van der Waals surface area contributed by atoms with Crippen LogP contribution < -0.4 is 5.73 Å². The lowest BCUT2D eigenvalue weighted by molar-refractivity contribution is 0.305. The highest BCUT2D eigenvalue weighted by Crippen LogP contribution is 2.27. The Bertz CT molecular complexity index is 526. The first kappa shape index (κ1) is 13.3. The predicted molar refractivity (Wildman–Crippen MR) is 81.0 cm³/mol. The Morgan fingerprint density at radius 2 is 1.95 bits per heavy atom. The van der Waals surface area contributed by atoms with E-state index in [0.717, 1.165) is 31.7 Å². The molecule has 3 rings (SSSR count). The standard InChI is InChI=1S/C17H21N3/c18-17(16-8-4-5-10-19-16)15-9-11-20(13-15)12-14-6-2-1-3-7-14/h1-8,10,15,17H,9,11-13,18H2. The fourth-order valence-corrected chi connectivity index (χ4v) is 2.96. The lowest BCUT2D eigenvalue weighted by Crippen LogP contribution is -2.26. The van der Waals surface area contributed by atoms with Crippen molar-refractivity contribution in [3.05, 3.63) is 66.0 Å². The SMILES string of the molecule is NC(c1ccccn1)C1CCN(Cc2ccccc2)C1. The zero-order chi connectivity index (χ0) is 13.8. The van der Waals surface area contributed by atoms with Crippen LogP contribution in [0.2, 0.25) is 0 Å². The highest BCUT2D eigenvalue weighted by atomic mass is 15.1. The van der Waals surface area contributed by atoms with Crippen molar-refractivity contribution in [1.29, 1.82) is 0 Å². The molecule has 3 heteroatoms. The van der Waals surface area contributed by atoms with Crippen LogP contribution in [0.15, 0.2) is 54.7 Å². The average Bonchev–Trinajstić information content (AvgIpc) is 2.97. The van der Waals surface area contributed by atoms with E-state index in [1.54, 1.807) is 0 Å². The van der Waals surface area contributed by atoms with Gasteiger partial charge in [0.05, 0.1) is 11.7 Å². The third-order valence-corrected chi connectivity index (χ3v) is 4.09. The van der Waals surface area contributed by atoms with Gasteiger partial charge in [0.1, 0.15) is 0 Å². The van der Waals surface area contributed by atoms with Gasteiger partial charge in [-0.25, -0.2) is 0 Å². The molecule has 0 bridgehead atoms. The van der Waals surface area contributed by atoms with E-state index >= 15 is 0 Å². The Labute approximate surface area is 120 Å². The summed E-state index contributed by atoms with van der Waals surface area (Å²) in [6.07, 6.45) is 2.98. The summed E-state index contributed by atoms with van der Waals surface area (Å²) in [5.41, 5.74) is 8.75. The van der Waals surface area contributed by atoms with E-state index in [1.807, 2.05) is 24.4 Å². The monoisotopic (exact) mass is 267 g/mol. The molecule has 2 N–H and O–H groups in total. The molecule has 1 saturated heterocycles. The molecule has 2 aromatic rings. The summed E-state index contributed by atoms with van der Waals surface area (Å²) in [4.78, 5) is 6.88. The largest absolute Gasteiger partial charge is 0.322 e. The lowest BCUT2D eigenvalue weighted by atomic mass is 9.96. The first-order valence-electron chi connectivity index (χ1n) is 7.26. The number of nitrogens with two attached hydrogens (primary N) is 1. The number of hydrogen-bond acceptors (Lipinski definition) is 3. The van der Waals surface area contributed by atoms with Crippen LogP contribution >= 0.6 is 0 Å². The lowest BCUT2D eigenvalue weighted by Gasteiger charge is -2.20. The van der Waals surface area contributed by atoms with Gasteiger partial charge in [-0.1, -0.05) is 36.4 Å². The molecule has 2 unspecified atom stereocenters. The van der Waals surface area contributed by atoms with Crippen LogP contribution in [0.3, 0.4) is 0 Å². The topological polar surface area (TPSA) is 42.1 Å². The molecule has 0 aliphatic carbocycles. The smallest absolute Gasteiger partial charge is 0.0574 e. The number of aromatic nitrogens is 1. The van der Waals surface area contributed by atoms with E-state index in [1.165, 1.54) is 5.56 Å². The fraction of sp³-hybridized carbons (Fsp3) is 0.353. The van der Waals surface area contributed by atoms with Crippen LogP contribution in [0, 0.1) is 5.92 Å². The Balaban J connectivity index is 1.59. The number of rotatable bonds is 4. The molecule has 1 aromatic carbocycles. The van der Waals surface area contributed by atoms with Crippen molar-refractivity contribution in [2.75, 3.05) is 13.1 Å². The van der Waals surface area contributed by atoms with Crippen molar-refractivity contribution in [2.45, 2.75) is 19.0 Å². The molecular formula is C17H21N3. The molecule has 104 valence electrons. The zero-order valence-corrected chi connectivity index (χ0v) is 11.7. The third-order valence-electron chi connectivity index (χ3n) is 4.09. The van der Waals surface area contributed by atoms with E-state index < -0.39 is 0 Å². The normalized spacial score (nSPS) is 20.9. The molecule has 0 saturated carbocycles. The highest BCUT2D eigenvalue weighted by Gasteiger charge is 2.28. The summed E-state index contributed by atoms with van der Waals surface area (Å²) in [6.45, 7) is 3.21. The number of benzene rings is 1. The number of hydrogen-bond donors (Lipinski definition) is 1. The fourth-order valence-electron chi connectivity index (χ4n) is 2.96. The summed E-state index contributed by atoms with van der Waals surface area (Å²) in [6, 6.07) is 16.7. The minimum atomic E-state index is 0.0528. The van der Waals surface area contributed by atoms with Crippen molar-refractivity contribution in [1.82, 2.24) is 9.88 Å². The van der Waals surface area contributed by atoms with Gasteiger partial charge in [-0.3, -0.25) is 9.88 Å². The molecule has 0 spiro atoms. The van der Waals surface area contributed by atoms with Crippen LogP contribution in [0.5, 0.6) is 0 Å². The maximum absolute atomic E-state index is 6.37. The zero-order valence-electron chi connectivity index (χ0n) is 11.7. The first-order valence-corrected chi connectivity index (χ1v) is 7.26. The van der Waals surface area contributed by atoms with Crippen molar-refractivity contribution in [3.63, 3.8) is 0 Å². The van der Waals surface area contributed by atoms with Crippen LogP contribution in [0.1, 0.15) is 23.7 Å². The van der Waals surface area contributed by atoms with E-state index in [9.17, 15) is 0 Å². The van der Waals surface area contributed by atoms with Crippen LogP contribution in [0.25, 0.3) is 0 Å². The minimum absolute atomic E-state index is 0.0528. The van der Waals surface area contributed by atoms with E-state index in [0.29, 0.717) is 5.92 Å². The van der Waals surface area contributed by atoms with Crippen molar-refractivity contribution in [2.24, 2.45) is 11.7 Å². The Morgan fingerprint density at radius 3 is 2.70 bits per heavy atom. The molecule has 1 fully saturated rings. The first-order chi connectivity index (χ1) is 9.83. The van der Waals surface area contributed by atoms with Gasteiger partial charge in [0, 0.05) is 19.3 Å². The Morgan fingerprint density at radius 1 is 1.15 bits per heavy atom. The van der Waals surface area contributed by atoms with Crippen LogP contribution in [0.4, 0.5) is 0 Å². The molecular weight excluding hydrogens is 246 g/mol. The molecule has 0 radical (unpaired) electrons. The Kier molecular flexibility index (Phi) is 4.09. The average molecular weight is 267 g/mol. The maximum atomic E-state index is 6.37.